The van der Waals surface area contributed by atoms with E-state index in [4.69, 9.17) is 11.6 Å². The summed E-state index contributed by atoms with van der Waals surface area (Å²) < 4.78 is 0. The van der Waals surface area contributed by atoms with E-state index in [-0.39, 0.29) is 5.91 Å². The summed E-state index contributed by atoms with van der Waals surface area (Å²) in [6.45, 7) is 5.19. The first-order valence-corrected chi connectivity index (χ1v) is 13.1. The van der Waals surface area contributed by atoms with E-state index < -0.39 is 0 Å². The SMILES string of the molecule is CCCCCC(CCC)c1ccc(Cl)cc1C(=O)NCCCCCCCc1ccccc1. The molecule has 176 valence electrons. The molecule has 2 aromatic carbocycles. The second kappa shape index (κ2) is 15.9. The standard InChI is InChI=1S/C29H42ClNO/c1-3-5-10-19-25(15-4-2)27-21-20-26(30)23-28(27)29(32)31-22-14-8-6-7-11-16-24-17-12-9-13-18-24/h9,12-13,17-18,20-21,23,25H,3-8,10-11,14-16,19,22H2,1-2H3,(H,31,32). The minimum atomic E-state index is 0.0307. The first-order valence-electron chi connectivity index (χ1n) is 12.8. The molecule has 2 nitrogen and oxygen atoms in total. The molecule has 2 rings (SSSR count). The number of benzene rings is 2. The number of carbonyl (C=O) groups excluding carboxylic acids is 1. The van der Waals surface area contributed by atoms with Crippen LogP contribution in [0, 0.1) is 0 Å². The summed E-state index contributed by atoms with van der Waals surface area (Å²) in [6, 6.07) is 16.6. The van der Waals surface area contributed by atoms with Crippen molar-refractivity contribution in [3.63, 3.8) is 0 Å². The van der Waals surface area contributed by atoms with Gasteiger partial charge >= 0.3 is 0 Å². The van der Waals surface area contributed by atoms with Crippen molar-refractivity contribution in [3.8, 4) is 0 Å². The molecule has 0 aliphatic rings. The largest absolute Gasteiger partial charge is 0.352 e. The number of rotatable bonds is 16. The number of aryl methyl sites for hydroxylation is 1. The lowest BCUT2D eigenvalue weighted by atomic mass is 9.86. The van der Waals surface area contributed by atoms with E-state index in [1.165, 1.54) is 49.7 Å². The zero-order valence-corrected chi connectivity index (χ0v) is 20.9. The quantitative estimate of drug-likeness (QED) is 0.252. The maximum atomic E-state index is 13.0. The predicted molar refractivity (Wildman–Crippen MR) is 139 cm³/mol. The van der Waals surface area contributed by atoms with Gasteiger partial charge in [0.2, 0.25) is 0 Å². The minimum absolute atomic E-state index is 0.0307. The molecule has 0 saturated carbocycles. The van der Waals surface area contributed by atoms with Crippen LogP contribution in [-0.2, 0) is 6.42 Å². The third kappa shape index (κ3) is 9.77. The van der Waals surface area contributed by atoms with Crippen molar-refractivity contribution in [1.82, 2.24) is 5.32 Å². The summed E-state index contributed by atoms with van der Waals surface area (Å²) in [5.41, 5.74) is 3.37. The van der Waals surface area contributed by atoms with Crippen molar-refractivity contribution in [1.29, 1.82) is 0 Å². The average Bonchev–Trinajstić information content (AvgIpc) is 2.81. The second-order valence-electron chi connectivity index (χ2n) is 8.97. The number of nitrogens with one attached hydrogen (secondary N) is 1. The maximum absolute atomic E-state index is 13.0. The van der Waals surface area contributed by atoms with Crippen molar-refractivity contribution in [2.45, 2.75) is 96.8 Å². The Kier molecular flexibility index (Phi) is 13.2. The molecule has 1 amide bonds. The molecule has 1 unspecified atom stereocenters. The van der Waals surface area contributed by atoms with Crippen molar-refractivity contribution >= 4 is 17.5 Å². The van der Waals surface area contributed by atoms with Gasteiger partial charge in [-0.15, -0.1) is 0 Å². The average molecular weight is 456 g/mol. The molecule has 3 heteroatoms. The Morgan fingerprint density at radius 1 is 0.844 bits per heavy atom. The Labute approximate surface area is 201 Å². The van der Waals surface area contributed by atoms with E-state index in [1.807, 2.05) is 12.1 Å². The summed E-state index contributed by atoms with van der Waals surface area (Å²) in [6.07, 6.45) is 14.1. The topological polar surface area (TPSA) is 29.1 Å². The zero-order valence-electron chi connectivity index (χ0n) is 20.2. The normalized spacial score (nSPS) is 12.0. The third-order valence-corrected chi connectivity index (χ3v) is 6.50. The molecule has 0 heterocycles. The van der Waals surface area contributed by atoms with Crippen LogP contribution >= 0.6 is 11.6 Å². The Morgan fingerprint density at radius 3 is 2.34 bits per heavy atom. The van der Waals surface area contributed by atoms with Gasteiger partial charge < -0.3 is 5.32 Å². The van der Waals surface area contributed by atoms with Crippen molar-refractivity contribution in [3.05, 3.63) is 70.2 Å². The number of hydrogen-bond donors (Lipinski definition) is 1. The predicted octanol–water partition coefficient (Wildman–Crippen LogP) is 8.73. The molecule has 1 N–H and O–H groups in total. The number of halogens is 1. The van der Waals surface area contributed by atoms with E-state index in [0.29, 0.717) is 10.9 Å². The molecule has 0 aliphatic heterocycles. The Hall–Kier alpha value is -1.80. The van der Waals surface area contributed by atoms with Crippen LogP contribution < -0.4 is 5.32 Å². The first kappa shape index (κ1) is 26.5. The molecule has 0 aromatic heterocycles. The van der Waals surface area contributed by atoms with Crippen LogP contribution in [-0.4, -0.2) is 12.5 Å². The van der Waals surface area contributed by atoms with Crippen LogP contribution in [0.25, 0.3) is 0 Å². The number of carbonyl (C=O) groups is 1. The Morgan fingerprint density at radius 2 is 1.59 bits per heavy atom. The zero-order chi connectivity index (χ0) is 23.0. The molecular formula is C29H42ClNO. The fourth-order valence-electron chi connectivity index (χ4n) is 4.45. The monoisotopic (exact) mass is 455 g/mol. The van der Waals surface area contributed by atoms with Gasteiger partial charge in [-0.2, -0.15) is 0 Å². The highest BCUT2D eigenvalue weighted by atomic mass is 35.5. The minimum Gasteiger partial charge on any atom is -0.352 e. The molecular weight excluding hydrogens is 414 g/mol. The highest BCUT2D eigenvalue weighted by molar-refractivity contribution is 6.31. The Balaban J connectivity index is 1.77. The molecule has 0 aliphatic carbocycles. The van der Waals surface area contributed by atoms with Crippen LogP contribution in [0.5, 0.6) is 0 Å². The molecule has 1 atom stereocenters. The molecule has 32 heavy (non-hydrogen) atoms. The number of unbranched alkanes of at least 4 members (excludes halogenated alkanes) is 6. The van der Waals surface area contributed by atoms with Gasteiger partial charge in [0, 0.05) is 17.1 Å². The van der Waals surface area contributed by atoms with E-state index in [0.717, 1.165) is 50.6 Å². The van der Waals surface area contributed by atoms with Gasteiger partial charge in [-0.25, -0.2) is 0 Å². The van der Waals surface area contributed by atoms with E-state index >= 15 is 0 Å². The summed E-state index contributed by atoms with van der Waals surface area (Å²) in [5, 5.41) is 3.79. The van der Waals surface area contributed by atoms with Gasteiger partial charge in [0.25, 0.3) is 5.91 Å². The van der Waals surface area contributed by atoms with E-state index in [9.17, 15) is 4.79 Å². The second-order valence-corrected chi connectivity index (χ2v) is 9.41. The van der Waals surface area contributed by atoms with Gasteiger partial charge in [-0.3, -0.25) is 4.79 Å². The number of amides is 1. The highest BCUT2D eigenvalue weighted by Crippen LogP contribution is 2.31. The number of hydrogen-bond acceptors (Lipinski definition) is 1. The lowest BCUT2D eigenvalue weighted by Crippen LogP contribution is -2.26. The van der Waals surface area contributed by atoms with Crippen LogP contribution in [0.15, 0.2) is 48.5 Å². The summed E-state index contributed by atoms with van der Waals surface area (Å²) >= 11 is 6.27. The molecule has 0 radical (unpaired) electrons. The summed E-state index contributed by atoms with van der Waals surface area (Å²) in [4.78, 5) is 13.0. The van der Waals surface area contributed by atoms with Crippen molar-refractivity contribution in [2.75, 3.05) is 6.54 Å². The smallest absolute Gasteiger partial charge is 0.251 e. The van der Waals surface area contributed by atoms with Gasteiger partial charge in [-0.1, -0.05) is 107 Å². The van der Waals surface area contributed by atoms with Crippen LogP contribution in [0.1, 0.15) is 112 Å². The van der Waals surface area contributed by atoms with Crippen LogP contribution in [0.2, 0.25) is 5.02 Å². The fraction of sp³-hybridized carbons (Fsp3) is 0.552. The molecule has 0 fully saturated rings. The molecule has 0 spiro atoms. The highest BCUT2D eigenvalue weighted by Gasteiger charge is 2.19. The van der Waals surface area contributed by atoms with Crippen molar-refractivity contribution < 1.29 is 4.79 Å². The van der Waals surface area contributed by atoms with Gasteiger partial charge in [-0.05, 0) is 61.3 Å². The summed E-state index contributed by atoms with van der Waals surface area (Å²) in [7, 11) is 0. The van der Waals surface area contributed by atoms with Gasteiger partial charge in [0.15, 0.2) is 0 Å². The van der Waals surface area contributed by atoms with Gasteiger partial charge in [0.1, 0.15) is 0 Å². The third-order valence-electron chi connectivity index (χ3n) is 6.26. The van der Waals surface area contributed by atoms with E-state index in [2.05, 4.69) is 55.6 Å². The molecule has 2 aromatic rings. The van der Waals surface area contributed by atoms with Gasteiger partial charge in [0.05, 0.1) is 0 Å². The van der Waals surface area contributed by atoms with E-state index in [1.54, 1.807) is 0 Å². The molecule has 0 bridgehead atoms. The van der Waals surface area contributed by atoms with Crippen molar-refractivity contribution in [2.24, 2.45) is 0 Å². The lowest BCUT2D eigenvalue weighted by molar-refractivity contribution is 0.0951. The Bertz CT molecular complexity index is 774. The fourth-order valence-corrected chi connectivity index (χ4v) is 4.62. The first-order chi connectivity index (χ1) is 15.7. The lowest BCUT2D eigenvalue weighted by Gasteiger charge is -2.20. The van der Waals surface area contributed by atoms with Crippen LogP contribution in [0.4, 0.5) is 0 Å². The van der Waals surface area contributed by atoms with Crippen LogP contribution in [0.3, 0.4) is 0 Å². The summed E-state index contributed by atoms with van der Waals surface area (Å²) in [5.74, 6) is 0.470. The maximum Gasteiger partial charge on any atom is 0.251 e. The molecule has 0 saturated heterocycles.